The molecule has 1 aromatic carbocycles. The van der Waals surface area contributed by atoms with Crippen LogP contribution in [0.15, 0.2) is 23.0 Å². The molecule has 0 spiro atoms. The third kappa shape index (κ3) is 4.76. The number of carbonyl (C=O) groups is 3. The molecule has 0 unspecified atom stereocenters. The van der Waals surface area contributed by atoms with E-state index < -0.39 is 75.2 Å². The van der Waals surface area contributed by atoms with Crippen molar-refractivity contribution in [3.8, 4) is 5.75 Å². The quantitative estimate of drug-likeness (QED) is 0.184. The van der Waals surface area contributed by atoms with Crippen LogP contribution in [0.25, 0.3) is 5.76 Å². The van der Waals surface area contributed by atoms with E-state index in [9.17, 15) is 34.8 Å². The maximum absolute atomic E-state index is 15.5. The molecule has 3 aliphatic carbocycles. The molecule has 229 valence electrons. The normalized spacial score (nSPS) is 29.0. The fourth-order valence-electron chi connectivity index (χ4n) is 7.32. The number of fused-ring (bicyclic) bond motifs is 3. The number of phenolic OH excluding ortho intramolecular Hbond substituents is 1. The van der Waals surface area contributed by atoms with Crippen molar-refractivity contribution < 1.29 is 43.9 Å². The Hall–Kier alpha value is -3.59. The van der Waals surface area contributed by atoms with Crippen LogP contribution < -0.4 is 11.1 Å². The standard InChI is InChI=1S/C29H35BFN4O8/c1-34(2)22-15-8-12-7-14-16(31)9-17(33-18(36)10-35-6-4-5-13(35)11-43-3)23(37)20(14)24(38)19(12)27(40)29(15,42)26(30)21(25(22)39)28(32)41/h9,12-13,15,22,37-39,42H,4-8,10-11H2,1-3H3,(H2,32,41)(H,33,36)/t12-,13+,15-,22-,29+/m0/s1. The van der Waals surface area contributed by atoms with Gasteiger partial charge in [-0.25, -0.2) is 0 Å². The molecule has 14 heteroatoms. The molecule has 5 atom stereocenters. The number of aliphatic hydroxyl groups excluding tert-OH is 2. The first-order valence-electron chi connectivity index (χ1n) is 14.0. The van der Waals surface area contributed by atoms with E-state index in [0.29, 0.717) is 13.2 Å². The average Bonchev–Trinajstić information content (AvgIpc) is 3.35. The first kappa shape index (κ1) is 30.9. The Bertz CT molecular complexity index is 1490. The zero-order valence-corrected chi connectivity index (χ0v) is 24.2. The van der Waals surface area contributed by atoms with E-state index in [0.717, 1.165) is 18.9 Å². The number of Topliss-reactive ketones (excluding diaryl/α,β-unsaturated/α-hetero) is 1. The van der Waals surface area contributed by atoms with Crippen LogP contribution in [-0.4, -0.2) is 119 Å². The van der Waals surface area contributed by atoms with Crippen molar-refractivity contribution in [3.63, 3.8) is 0 Å². The summed E-state index contributed by atoms with van der Waals surface area (Å²) >= 11 is 0. The number of primary amides is 1. The molecule has 12 nitrogen and oxygen atoms in total. The average molecular weight is 597 g/mol. The summed E-state index contributed by atoms with van der Waals surface area (Å²) in [5.41, 5.74) is 0.587. The van der Waals surface area contributed by atoms with Gasteiger partial charge in [0.25, 0.3) is 0 Å². The van der Waals surface area contributed by atoms with Gasteiger partial charge in [0.15, 0.2) is 0 Å². The van der Waals surface area contributed by atoms with Gasteiger partial charge >= 0.3 is 205 Å². The molecule has 1 saturated carbocycles. The molecule has 1 aromatic rings. The van der Waals surface area contributed by atoms with Gasteiger partial charge in [-0.05, 0) is 19.4 Å². The second kappa shape index (κ2) is 11.2. The number of ketones is 1. The molecular formula is C29H35BFN4O8. The number of hydrogen-bond acceptors (Lipinski definition) is 10. The van der Waals surface area contributed by atoms with Gasteiger partial charge in [0, 0.05) is 13.2 Å². The van der Waals surface area contributed by atoms with Crippen molar-refractivity contribution >= 4 is 42.0 Å². The summed E-state index contributed by atoms with van der Waals surface area (Å²) in [6, 6.07) is -0.0426. The van der Waals surface area contributed by atoms with E-state index in [2.05, 4.69) is 5.32 Å². The van der Waals surface area contributed by atoms with Gasteiger partial charge in [0.2, 0.25) is 0 Å². The molecule has 0 aromatic heterocycles. The molecular weight excluding hydrogens is 562 g/mol. The van der Waals surface area contributed by atoms with Gasteiger partial charge < -0.3 is 4.74 Å². The number of phenols is 1. The summed E-state index contributed by atoms with van der Waals surface area (Å²) in [5, 5.41) is 47.8. The monoisotopic (exact) mass is 597 g/mol. The van der Waals surface area contributed by atoms with Crippen molar-refractivity contribution in [1.82, 2.24) is 9.80 Å². The van der Waals surface area contributed by atoms with E-state index in [1.54, 1.807) is 21.2 Å². The fourth-order valence-corrected chi connectivity index (χ4v) is 7.32. The minimum atomic E-state index is -2.54. The number of likely N-dealkylation sites (tertiary alicyclic amines) is 1. The molecule has 43 heavy (non-hydrogen) atoms. The fraction of sp³-hybridized carbons (Fsp3) is 0.517. The summed E-state index contributed by atoms with van der Waals surface area (Å²) in [7, 11) is 10.9. The number of amides is 2. The van der Waals surface area contributed by atoms with Gasteiger partial charge in [-0.1, -0.05) is 0 Å². The topological polar surface area (TPSA) is 186 Å². The van der Waals surface area contributed by atoms with Crippen molar-refractivity contribution in [2.75, 3.05) is 46.2 Å². The molecule has 4 aliphatic rings. The number of rotatable bonds is 7. The molecule has 1 heterocycles. The van der Waals surface area contributed by atoms with Gasteiger partial charge in [0.1, 0.15) is 0 Å². The number of hydrogen-bond donors (Lipinski definition) is 6. The molecule has 1 saturated heterocycles. The summed E-state index contributed by atoms with van der Waals surface area (Å²) in [6.45, 7) is 1.09. The number of nitrogens with zero attached hydrogens (tertiary/aromatic N) is 2. The first-order chi connectivity index (χ1) is 20.2. The predicted octanol–water partition coefficient (Wildman–Crippen LogP) is -0.0758. The number of methoxy groups -OCH3 is 1. The molecule has 7 N–H and O–H groups in total. The summed E-state index contributed by atoms with van der Waals surface area (Å²) < 4.78 is 20.8. The predicted molar refractivity (Wildman–Crippen MR) is 155 cm³/mol. The van der Waals surface area contributed by atoms with E-state index >= 15 is 4.39 Å². The second-order valence-corrected chi connectivity index (χ2v) is 11.9. The molecule has 5 rings (SSSR count). The zero-order chi connectivity index (χ0) is 31.5. The number of halogens is 1. The first-order valence-corrected chi connectivity index (χ1v) is 14.0. The Balaban J connectivity index is 1.53. The van der Waals surface area contributed by atoms with Crippen molar-refractivity contribution in [3.05, 3.63) is 39.9 Å². The van der Waals surface area contributed by atoms with Crippen LogP contribution in [-0.2, 0) is 25.5 Å². The molecule has 2 amide bonds. The maximum atomic E-state index is 15.5. The molecule has 0 bridgehead atoms. The minimum absolute atomic E-state index is 0.0288. The molecule has 2 fully saturated rings. The van der Waals surface area contributed by atoms with Crippen LogP contribution in [0, 0.1) is 17.7 Å². The Morgan fingerprint density at radius 2 is 2.00 bits per heavy atom. The Morgan fingerprint density at radius 3 is 2.63 bits per heavy atom. The van der Waals surface area contributed by atoms with Crippen LogP contribution in [0.5, 0.6) is 5.75 Å². The number of carbonyl (C=O) groups excluding carboxylic acids is 3. The molecule has 1 aliphatic heterocycles. The number of benzene rings is 1. The van der Waals surface area contributed by atoms with Gasteiger partial charge in [0.05, 0.1) is 6.61 Å². The van der Waals surface area contributed by atoms with Gasteiger partial charge in [-0.3, -0.25) is 0 Å². The summed E-state index contributed by atoms with van der Waals surface area (Å²) in [6.07, 6.45) is 1.56. The summed E-state index contributed by atoms with van der Waals surface area (Å²) in [5.74, 6) is -7.38. The number of likely N-dealkylation sites (N-methyl/N-ethyl adjacent to an activating group) is 1. The SMILES string of the molecule is [B]=C1C(C(N)=O)=C(O)[C@@H](N(C)C)[C@@H]2C[C@@H]3Cc4c(F)cc(NC(=O)CN5CCC[C@@H]5COC)c(O)c4C(O)=C3C(=O)[C@]12O. The van der Waals surface area contributed by atoms with Gasteiger partial charge in [-0.2, -0.15) is 0 Å². The van der Waals surface area contributed by atoms with Crippen molar-refractivity contribution in [2.45, 2.75) is 43.4 Å². The van der Waals surface area contributed by atoms with E-state index in [1.807, 2.05) is 4.90 Å². The van der Waals surface area contributed by atoms with Crippen LogP contribution in [0.1, 0.15) is 30.4 Å². The van der Waals surface area contributed by atoms with E-state index in [4.69, 9.17) is 18.0 Å². The van der Waals surface area contributed by atoms with Crippen LogP contribution >= 0.6 is 0 Å². The number of aliphatic hydroxyl groups is 3. The number of nitrogens with one attached hydrogen (secondary N) is 1. The van der Waals surface area contributed by atoms with Crippen LogP contribution in [0.2, 0.25) is 0 Å². The third-order valence-electron chi connectivity index (χ3n) is 9.25. The second-order valence-electron chi connectivity index (χ2n) is 11.9. The third-order valence-corrected chi connectivity index (χ3v) is 9.25. The van der Waals surface area contributed by atoms with E-state index in [-0.39, 0.29) is 47.8 Å². The van der Waals surface area contributed by atoms with Crippen LogP contribution in [0.3, 0.4) is 0 Å². The van der Waals surface area contributed by atoms with Gasteiger partial charge in [-0.15, -0.1) is 0 Å². The zero-order valence-electron chi connectivity index (χ0n) is 24.2. The Labute approximate surface area is 248 Å². The molecule has 1 radical (unpaired) electrons. The number of ether oxygens (including phenoxy) is 1. The van der Waals surface area contributed by atoms with Crippen molar-refractivity contribution in [2.24, 2.45) is 17.6 Å². The summed E-state index contributed by atoms with van der Waals surface area (Å²) in [4.78, 5) is 42.5. The van der Waals surface area contributed by atoms with Crippen molar-refractivity contribution in [1.29, 1.82) is 0 Å². The Kier molecular flexibility index (Phi) is 8.01. The number of aromatic hydroxyl groups is 1. The number of nitrogens with two attached hydrogens (primary N) is 1. The Morgan fingerprint density at radius 1 is 1.30 bits per heavy atom. The van der Waals surface area contributed by atoms with Crippen LogP contribution in [0.4, 0.5) is 10.1 Å². The van der Waals surface area contributed by atoms with E-state index in [1.165, 1.54) is 4.90 Å². The number of anilines is 1.